The number of hydrogen-bond acceptors (Lipinski definition) is 19. The minimum atomic E-state index is -2.13. The molecule has 3 rings (SSSR count). The van der Waals surface area contributed by atoms with Crippen LogP contribution in [-0.4, -0.2) is 209 Å². The quantitative estimate of drug-likeness (QED) is 0.0580. The molecular formula is C29H51N3O19. The predicted octanol–water partition coefficient (Wildman–Crippen LogP) is -7.75. The Labute approximate surface area is 292 Å². The summed E-state index contributed by atoms with van der Waals surface area (Å²) >= 11 is 0. The van der Waals surface area contributed by atoms with Crippen LogP contribution in [-0.2, 0) is 47.5 Å². The Hall–Kier alpha value is -2.23. The predicted molar refractivity (Wildman–Crippen MR) is 164 cm³/mol. The molecule has 3 heterocycles. The lowest BCUT2D eigenvalue weighted by Gasteiger charge is -2.48. The van der Waals surface area contributed by atoms with E-state index in [0.717, 1.165) is 14.2 Å². The minimum Gasteiger partial charge on any atom is -0.396 e. The molecule has 0 saturated carbocycles. The molecule has 0 radical (unpaired) electrons. The zero-order valence-corrected chi connectivity index (χ0v) is 28.1. The van der Waals surface area contributed by atoms with Crippen LogP contribution in [0, 0.1) is 0 Å². The van der Waals surface area contributed by atoms with Crippen molar-refractivity contribution in [2.45, 2.75) is 111 Å². The summed E-state index contributed by atoms with van der Waals surface area (Å²) < 4.78 is 38.5. The minimum absolute atomic E-state index is 0.0176. The van der Waals surface area contributed by atoms with E-state index < -0.39 is 110 Å². The van der Waals surface area contributed by atoms with Crippen LogP contribution in [0.3, 0.4) is 0 Å². The SMILES string of the molecule is COC1OC(C(=O)NCCCO)C(OC2OC(C(=O)NCCCO)C(OC3OC(C(=O)NCCCO)C(OC)C(O)C3O)C(O)C2O)C(O)C1O. The Balaban J connectivity index is 1.89. The van der Waals surface area contributed by atoms with Gasteiger partial charge in [0.15, 0.2) is 37.2 Å². The first-order chi connectivity index (χ1) is 24.4. The van der Waals surface area contributed by atoms with Gasteiger partial charge in [-0.25, -0.2) is 0 Å². The molecule has 3 amide bonds. The molecule has 0 spiro atoms. The second kappa shape index (κ2) is 20.9. The molecule has 3 aliphatic rings. The highest BCUT2D eigenvalue weighted by Gasteiger charge is 2.56. The second-order valence-electron chi connectivity index (χ2n) is 12.0. The van der Waals surface area contributed by atoms with Gasteiger partial charge in [0.1, 0.15) is 54.9 Å². The molecule has 0 bridgehead atoms. The number of methoxy groups -OCH3 is 2. The van der Waals surface area contributed by atoms with Crippen LogP contribution in [0.25, 0.3) is 0 Å². The van der Waals surface area contributed by atoms with E-state index in [0.29, 0.717) is 0 Å². The van der Waals surface area contributed by atoms with Crippen molar-refractivity contribution in [2.24, 2.45) is 0 Å². The largest absolute Gasteiger partial charge is 0.396 e. The van der Waals surface area contributed by atoms with Crippen molar-refractivity contribution in [1.29, 1.82) is 0 Å². The molecule has 3 aliphatic heterocycles. The molecule has 22 nitrogen and oxygen atoms in total. The molecule has 0 aromatic rings. The molecule has 0 aromatic carbocycles. The summed E-state index contributed by atoms with van der Waals surface area (Å²) in [6.07, 6.45) is -27.1. The summed E-state index contributed by atoms with van der Waals surface area (Å²) in [4.78, 5) is 39.3. The van der Waals surface area contributed by atoms with Crippen LogP contribution in [0.4, 0.5) is 0 Å². The maximum absolute atomic E-state index is 13.4. The Morgan fingerprint density at radius 2 is 0.804 bits per heavy atom. The van der Waals surface area contributed by atoms with Gasteiger partial charge in [-0.1, -0.05) is 0 Å². The van der Waals surface area contributed by atoms with E-state index in [1.165, 1.54) is 0 Å². The molecule has 22 heteroatoms. The maximum atomic E-state index is 13.4. The first-order valence-electron chi connectivity index (χ1n) is 16.4. The van der Waals surface area contributed by atoms with Crippen molar-refractivity contribution in [1.82, 2.24) is 16.0 Å². The van der Waals surface area contributed by atoms with Crippen molar-refractivity contribution in [3.05, 3.63) is 0 Å². The van der Waals surface area contributed by atoms with Crippen molar-refractivity contribution in [2.75, 3.05) is 53.7 Å². The number of hydrogen-bond donors (Lipinski definition) is 12. The van der Waals surface area contributed by atoms with Gasteiger partial charge >= 0.3 is 0 Å². The normalized spacial score (nSPS) is 38.5. The van der Waals surface area contributed by atoms with Crippen LogP contribution in [0.2, 0.25) is 0 Å². The van der Waals surface area contributed by atoms with E-state index in [2.05, 4.69) is 16.0 Å². The summed E-state index contributed by atoms with van der Waals surface area (Å²) in [5, 5.41) is 100. The van der Waals surface area contributed by atoms with Crippen LogP contribution < -0.4 is 16.0 Å². The molecule has 15 atom stereocenters. The molecule has 51 heavy (non-hydrogen) atoms. The first kappa shape index (κ1) is 43.2. The Morgan fingerprint density at radius 3 is 1.14 bits per heavy atom. The van der Waals surface area contributed by atoms with Crippen molar-refractivity contribution in [3.63, 3.8) is 0 Å². The summed E-state index contributed by atoms with van der Waals surface area (Å²) in [5.41, 5.74) is 0. The average molecular weight is 746 g/mol. The highest BCUT2D eigenvalue weighted by atomic mass is 16.8. The molecule has 3 saturated heterocycles. The number of rotatable bonds is 18. The number of carbonyl (C=O) groups excluding carboxylic acids is 3. The van der Waals surface area contributed by atoms with Crippen molar-refractivity contribution in [3.8, 4) is 0 Å². The highest BCUT2D eigenvalue weighted by molar-refractivity contribution is 5.82. The lowest BCUT2D eigenvalue weighted by atomic mass is 9.95. The monoisotopic (exact) mass is 745 g/mol. The van der Waals surface area contributed by atoms with E-state index >= 15 is 0 Å². The van der Waals surface area contributed by atoms with Crippen LogP contribution in [0.1, 0.15) is 19.3 Å². The Kier molecular flexibility index (Phi) is 17.7. The number of aliphatic hydroxyl groups is 9. The number of aliphatic hydroxyl groups excluding tert-OH is 9. The van der Waals surface area contributed by atoms with Gasteiger partial charge in [-0.3, -0.25) is 14.4 Å². The van der Waals surface area contributed by atoms with Gasteiger partial charge in [0.2, 0.25) is 0 Å². The zero-order valence-electron chi connectivity index (χ0n) is 28.1. The zero-order chi connectivity index (χ0) is 37.8. The number of amides is 3. The third kappa shape index (κ3) is 10.7. The fraction of sp³-hybridized carbons (Fsp3) is 0.897. The summed E-state index contributed by atoms with van der Waals surface area (Å²) in [6, 6.07) is 0. The maximum Gasteiger partial charge on any atom is 0.252 e. The van der Waals surface area contributed by atoms with Crippen LogP contribution in [0.15, 0.2) is 0 Å². The van der Waals surface area contributed by atoms with Gasteiger partial charge in [-0.05, 0) is 19.3 Å². The number of ether oxygens (including phenoxy) is 7. The molecule has 12 N–H and O–H groups in total. The Bertz CT molecular complexity index is 1090. The summed E-state index contributed by atoms with van der Waals surface area (Å²) in [5.74, 6) is -2.69. The lowest BCUT2D eigenvalue weighted by Crippen LogP contribution is -2.69. The standard InChI is InChI=1S/C29H51N3O19/c1-45-18-12(36)16(40)28(50-21(18)24(42)30-6-3-9-33)48-20-14(38)17(41)29(51-23(20)26(44)32-8-5-11-35)47-19-13(37)15(39)27(46-2)49-22(19)25(43)31-7-4-10-34/h12-23,27-29,33-41H,3-11H2,1-2H3,(H,30,42)(H,31,43)(H,32,44). The fourth-order valence-corrected chi connectivity index (χ4v) is 5.61. The topological polar surface area (TPSA) is 334 Å². The van der Waals surface area contributed by atoms with Crippen LogP contribution >= 0.6 is 0 Å². The van der Waals surface area contributed by atoms with Gasteiger partial charge in [-0.2, -0.15) is 0 Å². The van der Waals surface area contributed by atoms with E-state index in [9.17, 15) is 50.1 Å². The second-order valence-corrected chi connectivity index (χ2v) is 12.0. The highest BCUT2D eigenvalue weighted by Crippen LogP contribution is 2.33. The van der Waals surface area contributed by atoms with E-state index in [1.807, 2.05) is 0 Å². The van der Waals surface area contributed by atoms with Gasteiger partial charge in [0.05, 0.1) is 0 Å². The van der Waals surface area contributed by atoms with E-state index in [4.69, 9.17) is 43.4 Å². The Morgan fingerprint density at radius 1 is 0.490 bits per heavy atom. The third-order valence-corrected chi connectivity index (χ3v) is 8.40. The van der Waals surface area contributed by atoms with Gasteiger partial charge in [-0.15, -0.1) is 0 Å². The van der Waals surface area contributed by atoms with Gasteiger partial charge in [0.25, 0.3) is 17.7 Å². The van der Waals surface area contributed by atoms with Gasteiger partial charge in [0, 0.05) is 53.7 Å². The third-order valence-electron chi connectivity index (χ3n) is 8.40. The van der Waals surface area contributed by atoms with Gasteiger partial charge < -0.3 is 95.1 Å². The van der Waals surface area contributed by atoms with Crippen molar-refractivity contribution >= 4 is 17.7 Å². The molecule has 296 valence electrons. The van der Waals surface area contributed by atoms with Crippen molar-refractivity contribution < 1.29 is 93.5 Å². The summed E-state index contributed by atoms with van der Waals surface area (Å²) in [6.45, 7) is -0.910. The smallest absolute Gasteiger partial charge is 0.252 e. The number of carbonyl (C=O) groups is 3. The molecule has 3 fully saturated rings. The lowest BCUT2D eigenvalue weighted by molar-refractivity contribution is -0.367. The fourth-order valence-electron chi connectivity index (χ4n) is 5.61. The number of nitrogens with one attached hydrogen (secondary N) is 3. The van der Waals surface area contributed by atoms with Crippen LogP contribution in [0.5, 0.6) is 0 Å². The average Bonchev–Trinajstić information content (AvgIpc) is 3.11. The first-order valence-corrected chi connectivity index (χ1v) is 16.4. The van der Waals surface area contributed by atoms with E-state index in [1.54, 1.807) is 0 Å². The molecule has 0 aliphatic carbocycles. The molecular weight excluding hydrogens is 694 g/mol. The summed E-state index contributed by atoms with van der Waals surface area (Å²) in [7, 11) is 2.29. The van der Waals surface area contributed by atoms with E-state index in [-0.39, 0.29) is 58.7 Å². The molecule has 0 aromatic heterocycles. The molecule has 15 unspecified atom stereocenters.